The number of aromatic hydroxyl groups is 1. The molecule has 1 heterocycles. The predicted octanol–water partition coefficient (Wildman–Crippen LogP) is 5.37. The number of carbonyl (C=O) groups is 1. The molecular formula is C24H27N3O4. The number of aromatic nitrogens is 1. The maximum atomic E-state index is 12.6. The van der Waals surface area contributed by atoms with Crippen molar-refractivity contribution in [1.82, 2.24) is 10.3 Å². The number of hydrogen-bond donors (Lipinski definition) is 2. The monoisotopic (exact) mass is 421 g/mol. The maximum absolute atomic E-state index is 12.6. The number of carbonyl (C=O) groups excluding carboxylic acids is 1. The molecule has 0 radical (unpaired) electrons. The highest BCUT2D eigenvalue weighted by atomic mass is 16.6. The molecule has 3 aromatic rings. The molecule has 0 aliphatic heterocycles. The zero-order valence-corrected chi connectivity index (χ0v) is 18.0. The van der Waals surface area contributed by atoms with Crippen LogP contribution in [0.25, 0.3) is 10.9 Å². The molecule has 0 saturated heterocycles. The van der Waals surface area contributed by atoms with Gasteiger partial charge in [0.05, 0.1) is 16.4 Å². The van der Waals surface area contributed by atoms with Crippen molar-refractivity contribution in [2.24, 2.45) is 0 Å². The van der Waals surface area contributed by atoms with E-state index in [-0.39, 0.29) is 33.8 Å². The van der Waals surface area contributed by atoms with Crippen molar-refractivity contribution in [2.45, 2.75) is 52.0 Å². The lowest BCUT2D eigenvalue weighted by molar-refractivity contribution is -0.383. The fraction of sp³-hybridized carbons (Fsp3) is 0.333. The second kappa shape index (κ2) is 9.55. The molecule has 7 nitrogen and oxygen atoms in total. The Morgan fingerprint density at radius 1 is 1.19 bits per heavy atom. The van der Waals surface area contributed by atoms with Gasteiger partial charge < -0.3 is 10.4 Å². The zero-order chi connectivity index (χ0) is 22.5. The number of unbranched alkanes of at least 4 members (excludes halogenated alkanes) is 1. The van der Waals surface area contributed by atoms with Crippen LogP contribution in [0.5, 0.6) is 5.75 Å². The standard InChI is InChI=1S/C24H27N3O4/c1-4-5-8-21(28)26-22(17-11-9-16(10-12-17)15(2)3)19-14-20(27(30)31)18-7-6-13-25-23(18)24(19)29/h6-7,9-15,22,29H,4-5,8H2,1-3H3,(H,26,28)/t22-/m0/s1. The highest BCUT2D eigenvalue weighted by Gasteiger charge is 2.27. The fourth-order valence-electron chi connectivity index (χ4n) is 3.59. The normalized spacial score (nSPS) is 12.1. The largest absolute Gasteiger partial charge is 0.505 e. The summed E-state index contributed by atoms with van der Waals surface area (Å²) in [5.41, 5.74) is 2.09. The number of pyridine rings is 1. The zero-order valence-electron chi connectivity index (χ0n) is 18.0. The molecule has 0 bridgehead atoms. The van der Waals surface area contributed by atoms with Gasteiger partial charge in [-0.15, -0.1) is 0 Å². The lowest BCUT2D eigenvalue weighted by Crippen LogP contribution is -2.29. The second-order valence-electron chi connectivity index (χ2n) is 7.92. The lowest BCUT2D eigenvalue weighted by Gasteiger charge is -2.22. The number of phenols is 1. The third kappa shape index (κ3) is 4.82. The van der Waals surface area contributed by atoms with Gasteiger partial charge in [-0.3, -0.25) is 19.9 Å². The summed E-state index contributed by atoms with van der Waals surface area (Å²) < 4.78 is 0. The fourth-order valence-corrected chi connectivity index (χ4v) is 3.59. The molecule has 2 aromatic carbocycles. The van der Waals surface area contributed by atoms with Gasteiger partial charge >= 0.3 is 0 Å². The van der Waals surface area contributed by atoms with Crippen LogP contribution in [0.4, 0.5) is 5.69 Å². The van der Waals surface area contributed by atoms with Gasteiger partial charge in [-0.05, 0) is 35.6 Å². The highest BCUT2D eigenvalue weighted by Crippen LogP contribution is 2.39. The molecule has 0 fully saturated rings. The van der Waals surface area contributed by atoms with Gasteiger partial charge in [0.1, 0.15) is 11.3 Å². The molecule has 162 valence electrons. The molecule has 3 rings (SSSR count). The Labute approximate surface area is 181 Å². The number of benzene rings is 2. The smallest absolute Gasteiger partial charge is 0.279 e. The molecule has 0 aliphatic carbocycles. The van der Waals surface area contributed by atoms with Crippen LogP contribution in [-0.4, -0.2) is 20.9 Å². The van der Waals surface area contributed by atoms with Gasteiger partial charge in [-0.25, -0.2) is 0 Å². The van der Waals surface area contributed by atoms with Crippen molar-refractivity contribution < 1.29 is 14.8 Å². The Morgan fingerprint density at radius 3 is 2.48 bits per heavy atom. The molecule has 31 heavy (non-hydrogen) atoms. The van der Waals surface area contributed by atoms with Gasteiger partial charge in [0, 0.05) is 24.2 Å². The van der Waals surface area contributed by atoms with Crippen molar-refractivity contribution >= 4 is 22.5 Å². The van der Waals surface area contributed by atoms with E-state index in [4.69, 9.17) is 0 Å². The predicted molar refractivity (Wildman–Crippen MR) is 120 cm³/mol. The van der Waals surface area contributed by atoms with Crippen LogP contribution in [0, 0.1) is 10.1 Å². The Morgan fingerprint density at radius 2 is 1.87 bits per heavy atom. The van der Waals surface area contributed by atoms with E-state index in [9.17, 15) is 20.0 Å². The van der Waals surface area contributed by atoms with E-state index in [0.29, 0.717) is 12.3 Å². The van der Waals surface area contributed by atoms with Gasteiger partial charge in [-0.2, -0.15) is 0 Å². The number of fused-ring (bicyclic) bond motifs is 1. The van der Waals surface area contributed by atoms with Crippen LogP contribution in [0.1, 0.15) is 68.7 Å². The topological polar surface area (TPSA) is 105 Å². The minimum absolute atomic E-state index is 0.137. The number of non-ortho nitro benzene ring substituents is 1. The van der Waals surface area contributed by atoms with Crippen LogP contribution < -0.4 is 5.32 Å². The molecule has 1 amide bonds. The van der Waals surface area contributed by atoms with E-state index in [2.05, 4.69) is 24.1 Å². The lowest BCUT2D eigenvalue weighted by atomic mass is 9.93. The number of nitrogens with one attached hydrogen (secondary N) is 1. The SMILES string of the molecule is CCCCC(=O)N[C@@H](c1ccc(C(C)C)cc1)c1cc([N+](=O)[O-])c2cccnc2c1O. The number of amides is 1. The summed E-state index contributed by atoms with van der Waals surface area (Å²) in [4.78, 5) is 28.0. The van der Waals surface area contributed by atoms with E-state index in [1.807, 2.05) is 31.2 Å². The maximum Gasteiger partial charge on any atom is 0.279 e. The molecule has 2 N–H and O–H groups in total. The van der Waals surface area contributed by atoms with E-state index in [1.165, 1.54) is 12.3 Å². The van der Waals surface area contributed by atoms with E-state index < -0.39 is 11.0 Å². The van der Waals surface area contributed by atoms with Crippen molar-refractivity contribution in [3.63, 3.8) is 0 Å². The average Bonchev–Trinajstić information content (AvgIpc) is 2.76. The van der Waals surface area contributed by atoms with E-state index in [0.717, 1.165) is 24.0 Å². The average molecular weight is 421 g/mol. The minimum Gasteiger partial charge on any atom is -0.505 e. The number of phenolic OH excluding ortho intramolecular Hbond substituents is 1. The van der Waals surface area contributed by atoms with Crippen molar-refractivity contribution in [3.05, 3.63) is 75.5 Å². The van der Waals surface area contributed by atoms with Crippen LogP contribution in [0.2, 0.25) is 0 Å². The number of nitro benzene ring substituents is 1. The molecule has 0 spiro atoms. The third-order valence-electron chi connectivity index (χ3n) is 5.38. The van der Waals surface area contributed by atoms with Crippen LogP contribution >= 0.6 is 0 Å². The Bertz CT molecular complexity index is 1090. The number of nitro groups is 1. The molecular weight excluding hydrogens is 394 g/mol. The quantitative estimate of drug-likeness (QED) is 0.376. The third-order valence-corrected chi connectivity index (χ3v) is 5.38. The van der Waals surface area contributed by atoms with Gasteiger partial charge in [0.2, 0.25) is 5.91 Å². The highest BCUT2D eigenvalue weighted by molar-refractivity contribution is 5.94. The number of nitrogens with zero attached hydrogens (tertiary/aromatic N) is 2. The van der Waals surface area contributed by atoms with Gasteiger partial charge in [0.15, 0.2) is 0 Å². The van der Waals surface area contributed by atoms with Crippen LogP contribution in [0.15, 0.2) is 48.7 Å². The van der Waals surface area contributed by atoms with E-state index in [1.54, 1.807) is 12.1 Å². The first-order valence-corrected chi connectivity index (χ1v) is 10.5. The summed E-state index contributed by atoms with van der Waals surface area (Å²) >= 11 is 0. The molecule has 1 aromatic heterocycles. The molecule has 1 atom stereocenters. The molecule has 7 heteroatoms. The first-order valence-electron chi connectivity index (χ1n) is 10.5. The van der Waals surface area contributed by atoms with E-state index >= 15 is 0 Å². The molecule has 0 saturated carbocycles. The Kier molecular flexibility index (Phi) is 6.84. The number of rotatable bonds is 8. The van der Waals surface area contributed by atoms with Crippen molar-refractivity contribution in [3.8, 4) is 5.75 Å². The van der Waals surface area contributed by atoms with Crippen LogP contribution in [0.3, 0.4) is 0 Å². The van der Waals surface area contributed by atoms with Crippen LogP contribution in [-0.2, 0) is 4.79 Å². The Balaban J connectivity index is 2.16. The summed E-state index contributed by atoms with van der Waals surface area (Å²) in [5, 5.41) is 25.9. The summed E-state index contributed by atoms with van der Waals surface area (Å²) in [6, 6.07) is 11.4. The van der Waals surface area contributed by atoms with Gasteiger partial charge in [-0.1, -0.05) is 51.5 Å². The van der Waals surface area contributed by atoms with Gasteiger partial charge in [0.25, 0.3) is 5.69 Å². The summed E-state index contributed by atoms with van der Waals surface area (Å²) in [6.07, 6.45) is 3.42. The first-order chi connectivity index (χ1) is 14.8. The summed E-state index contributed by atoms with van der Waals surface area (Å²) in [7, 11) is 0. The first kappa shape index (κ1) is 22.2. The second-order valence-corrected chi connectivity index (χ2v) is 7.92. The minimum atomic E-state index is -0.740. The molecule has 0 unspecified atom stereocenters. The molecule has 0 aliphatic rings. The van der Waals surface area contributed by atoms with Crippen molar-refractivity contribution in [2.75, 3.05) is 0 Å². The summed E-state index contributed by atoms with van der Waals surface area (Å²) in [6.45, 7) is 6.17. The Hall–Kier alpha value is -3.48. The van der Waals surface area contributed by atoms with Crippen molar-refractivity contribution in [1.29, 1.82) is 0 Å². The number of hydrogen-bond acceptors (Lipinski definition) is 5. The summed E-state index contributed by atoms with van der Waals surface area (Å²) in [5.74, 6) is -0.0103.